The summed E-state index contributed by atoms with van der Waals surface area (Å²) in [6.45, 7) is 1.57. The normalized spacial score (nSPS) is 12.3. The van der Waals surface area contributed by atoms with E-state index < -0.39 is 17.4 Å². The van der Waals surface area contributed by atoms with Gasteiger partial charge >= 0.3 is 6.18 Å². The predicted molar refractivity (Wildman–Crippen MR) is 45.6 cm³/mol. The Morgan fingerprint density at radius 3 is 2.73 bits per heavy atom. The van der Waals surface area contributed by atoms with E-state index in [0.717, 1.165) is 4.52 Å². The highest BCUT2D eigenvalue weighted by Gasteiger charge is 2.33. The van der Waals surface area contributed by atoms with Crippen LogP contribution in [0.3, 0.4) is 0 Å². The molecule has 2 heterocycles. The second kappa shape index (κ2) is 2.85. The van der Waals surface area contributed by atoms with Crippen LogP contribution < -0.4 is 5.56 Å². The number of aryl methyl sites for hydroxylation is 1. The zero-order valence-corrected chi connectivity index (χ0v) is 7.59. The van der Waals surface area contributed by atoms with Gasteiger partial charge in [0.1, 0.15) is 0 Å². The Labute approximate surface area is 81.3 Å². The van der Waals surface area contributed by atoms with E-state index in [9.17, 15) is 18.0 Å². The Morgan fingerprint density at radius 1 is 1.47 bits per heavy atom. The van der Waals surface area contributed by atoms with E-state index in [2.05, 4.69) is 10.1 Å². The molecule has 0 saturated heterocycles. The number of aromatic nitrogens is 3. The van der Waals surface area contributed by atoms with Crippen LogP contribution in [0, 0.1) is 6.92 Å². The molecule has 0 aliphatic heterocycles. The maximum Gasteiger partial charge on any atom is 0.433 e. The monoisotopic (exact) mass is 217 g/mol. The van der Waals surface area contributed by atoms with E-state index in [0.29, 0.717) is 11.6 Å². The maximum atomic E-state index is 12.3. The van der Waals surface area contributed by atoms with Gasteiger partial charge < -0.3 is 0 Å². The number of aromatic amines is 1. The first-order valence-electron chi connectivity index (χ1n) is 4.04. The zero-order chi connectivity index (χ0) is 11.2. The quantitative estimate of drug-likeness (QED) is 0.724. The summed E-state index contributed by atoms with van der Waals surface area (Å²) >= 11 is 0. The van der Waals surface area contributed by atoms with Crippen LogP contribution in [0.4, 0.5) is 13.2 Å². The van der Waals surface area contributed by atoms with Gasteiger partial charge in [-0.1, -0.05) is 0 Å². The Bertz CT molecular complexity index is 566. The first-order valence-corrected chi connectivity index (χ1v) is 4.04. The molecule has 80 valence electrons. The number of nitrogens with one attached hydrogen (secondary N) is 1. The topological polar surface area (TPSA) is 50.2 Å². The van der Waals surface area contributed by atoms with E-state index in [1.807, 2.05) is 0 Å². The van der Waals surface area contributed by atoms with Gasteiger partial charge in [-0.2, -0.15) is 13.2 Å². The molecular formula is C8H6F3N3O. The molecule has 0 spiro atoms. The fourth-order valence-electron chi connectivity index (χ4n) is 1.24. The van der Waals surface area contributed by atoms with Crippen LogP contribution in [0.15, 0.2) is 17.1 Å². The number of nitrogens with zero attached hydrogens (tertiary/aromatic N) is 2. The van der Waals surface area contributed by atoms with Crippen molar-refractivity contribution in [1.82, 2.24) is 14.6 Å². The van der Waals surface area contributed by atoms with Crippen molar-refractivity contribution < 1.29 is 13.2 Å². The molecule has 0 unspecified atom stereocenters. The number of fused-ring (bicyclic) bond motifs is 1. The van der Waals surface area contributed by atoms with E-state index in [-0.39, 0.29) is 5.65 Å². The second-order valence-corrected chi connectivity index (χ2v) is 3.09. The van der Waals surface area contributed by atoms with Crippen molar-refractivity contribution in [3.8, 4) is 0 Å². The first-order chi connectivity index (χ1) is 6.89. The third-order valence-corrected chi connectivity index (χ3v) is 1.97. The van der Waals surface area contributed by atoms with Crippen LogP contribution in [0.1, 0.15) is 11.3 Å². The lowest BCUT2D eigenvalue weighted by molar-refractivity contribution is -0.141. The second-order valence-electron chi connectivity index (χ2n) is 3.09. The predicted octanol–water partition coefficient (Wildman–Crippen LogP) is 1.35. The van der Waals surface area contributed by atoms with Crippen LogP contribution in [0.5, 0.6) is 0 Å². The van der Waals surface area contributed by atoms with Gasteiger partial charge in [0.2, 0.25) is 0 Å². The molecule has 2 aromatic rings. The third kappa shape index (κ3) is 1.49. The van der Waals surface area contributed by atoms with Crippen LogP contribution >= 0.6 is 0 Å². The van der Waals surface area contributed by atoms with E-state index in [1.54, 1.807) is 6.92 Å². The van der Waals surface area contributed by atoms with Gasteiger partial charge in [-0.3, -0.25) is 9.89 Å². The molecule has 0 saturated carbocycles. The van der Waals surface area contributed by atoms with Gasteiger partial charge in [-0.25, -0.2) is 9.50 Å². The SMILES string of the molecule is Cc1c[nH]n2c(=O)cc(C(F)(F)F)nc12. The lowest BCUT2D eigenvalue weighted by Gasteiger charge is -2.04. The molecule has 0 atom stereocenters. The smallest absolute Gasteiger partial charge is 0.297 e. The minimum Gasteiger partial charge on any atom is -0.297 e. The molecule has 0 amide bonds. The summed E-state index contributed by atoms with van der Waals surface area (Å²) in [6, 6.07) is 0.461. The van der Waals surface area contributed by atoms with Crippen molar-refractivity contribution in [3.05, 3.63) is 33.9 Å². The van der Waals surface area contributed by atoms with Crippen molar-refractivity contribution in [3.63, 3.8) is 0 Å². The number of rotatable bonds is 0. The molecule has 0 aliphatic rings. The molecule has 15 heavy (non-hydrogen) atoms. The van der Waals surface area contributed by atoms with Crippen molar-refractivity contribution >= 4 is 5.65 Å². The zero-order valence-electron chi connectivity index (χ0n) is 7.59. The van der Waals surface area contributed by atoms with Gasteiger partial charge in [0.25, 0.3) is 5.56 Å². The molecule has 0 aromatic carbocycles. The van der Waals surface area contributed by atoms with E-state index in [4.69, 9.17) is 0 Å². The molecule has 4 nitrogen and oxygen atoms in total. The standard InChI is InChI=1S/C8H6F3N3O/c1-4-3-12-14-6(15)2-5(8(9,10)11)13-7(4)14/h2-3,12H,1H3. The average molecular weight is 217 g/mol. The minimum absolute atomic E-state index is 0.00479. The molecule has 0 radical (unpaired) electrons. The number of hydrogen-bond acceptors (Lipinski definition) is 2. The van der Waals surface area contributed by atoms with Gasteiger partial charge in [0.15, 0.2) is 11.3 Å². The highest BCUT2D eigenvalue weighted by atomic mass is 19.4. The Morgan fingerprint density at radius 2 is 2.13 bits per heavy atom. The largest absolute Gasteiger partial charge is 0.433 e. The number of hydrogen-bond donors (Lipinski definition) is 1. The molecule has 0 fully saturated rings. The van der Waals surface area contributed by atoms with Crippen molar-refractivity contribution in [1.29, 1.82) is 0 Å². The molecule has 0 aliphatic carbocycles. The third-order valence-electron chi connectivity index (χ3n) is 1.97. The average Bonchev–Trinajstić information content (AvgIpc) is 2.47. The summed E-state index contributed by atoms with van der Waals surface area (Å²) in [4.78, 5) is 14.6. The lowest BCUT2D eigenvalue weighted by Crippen LogP contribution is -2.19. The summed E-state index contributed by atoms with van der Waals surface area (Å²) in [7, 11) is 0. The number of H-pyrrole nitrogens is 1. The van der Waals surface area contributed by atoms with Crippen molar-refractivity contribution in [2.75, 3.05) is 0 Å². The van der Waals surface area contributed by atoms with Crippen molar-refractivity contribution in [2.45, 2.75) is 13.1 Å². The fraction of sp³-hybridized carbons (Fsp3) is 0.250. The summed E-state index contributed by atoms with van der Waals surface area (Å²) in [6.07, 6.45) is -3.18. The molecule has 1 N–H and O–H groups in total. The number of alkyl halides is 3. The minimum atomic E-state index is -4.60. The molecule has 2 aromatic heterocycles. The van der Waals surface area contributed by atoms with E-state index in [1.165, 1.54) is 6.20 Å². The van der Waals surface area contributed by atoms with Crippen LogP contribution in [0.2, 0.25) is 0 Å². The molecular weight excluding hydrogens is 211 g/mol. The van der Waals surface area contributed by atoms with Gasteiger partial charge in [-0.05, 0) is 6.92 Å². The molecule has 7 heteroatoms. The Kier molecular flexibility index (Phi) is 1.85. The summed E-state index contributed by atoms with van der Waals surface area (Å²) in [5.41, 5.74) is -1.47. The molecule has 0 bridgehead atoms. The van der Waals surface area contributed by atoms with Gasteiger partial charge in [0.05, 0.1) is 0 Å². The van der Waals surface area contributed by atoms with Gasteiger partial charge in [0, 0.05) is 17.8 Å². The highest BCUT2D eigenvalue weighted by molar-refractivity contribution is 5.45. The maximum absolute atomic E-state index is 12.3. The first kappa shape index (κ1) is 9.75. The van der Waals surface area contributed by atoms with Crippen LogP contribution in [0.25, 0.3) is 5.65 Å². The highest BCUT2D eigenvalue weighted by Crippen LogP contribution is 2.26. The van der Waals surface area contributed by atoms with Crippen LogP contribution in [-0.2, 0) is 6.18 Å². The van der Waals surface area contributed by atoms with E-state index >= 15 is 0 Å². The van der Waals surface area contributed by atoms with Crippen molar-refractivity contribution in [2.24, 2.45) is 0 Å². The Hall–Kier alpha value is -1.79. The molecule has 2 rings (SSSR count). The summed E-state index contributed by atoms with van der Waals surface area (Å²) in [5, 5.41) is 2.51. The summed E-state index contributed by atoms with van der Waals surface area (Å²) < 4.78 is 37.9. The number of halogens is 3. The lowest BCUT2D eigenvalue weighted by atomic mass is 10.3. The van der Waals surface area contributed by atoms with Gasteiger partial charge in [-0.15, -0.1) is 0 Å². The van der Waals surface area contributed by atoms with Crippen LogP contribution in [-0.4, -0.2) is 14.6 Å². The fourth-order valence-corrected chi connectivity index (χ4v) is 1.24. The summed E-state index contributed by atoms with van der Waals surface area (Å²) in [5.74, 6) is 0. The Balaban J connectivity index is 2.82.